The first-order valence-corrected chi connectivity index (χ1v) is 9.22. The Morgan fingerprint density at radius 3 is 2.58 bits per heavy atom. The highest BCUT2D eigenvalue weighted by molar-refractivity contribution is 14.0. The van der Waals surface area contributed by atoms with E-state index in [2.05, 4.69) is 32.7 Å². The Hall–Kier alpha value is -0.610. The zero-order valence-corrected chi connectivity index (χ0v) is 18.6. The van der Waals surface area contributed by atoms with Gasteiger partial charge >= 0.3 is 0 Å². The van der Waals surface area contributed by atoms with Crippen LogP contribution in [0.5, 0.6) is 0 Å². The van der Waals surface area contributed by atoms with Crippen molar-refractivity contribution in [3.05, 3.63) is 34.9 Å². The van der Waals surface area contributed by atoms with E-state index in [0.717, 1.165) is 57.0 Å². The van der Waals surface area contributed by atoms with E-state index in [1.807, 2.05) is 19.1 Å². The van der Waals surface area contributed by atoms with E-state index in [1.165, 1.54) is 5.56 Å². The Balaban J connectivity index is 0.00000338. The van der Waals surface area contributed by atoms with Crippen molar-refractivity contribution in [2.75, 3.05) is 59.7 Å². The third-order valence-corrected chi connectivity index (χ3v) is 4.42. The van der Waals surface area contributed by atoms with Crippen LogP contribution in [0.2, 0.25) is 5.02 Å². The zero-order valence-electron chi connectivity index (χ0n) is 15.5. The molecule has 1 saturated heterocycles. The topological polar surface area (TPSA) is 58.1 Å². The van der Waals surface area contributed by atoms with Crippen LogP contribution in [0.3, 0.4) is 0 Å². The van der Waals surface area contributed by atoms with Crippen LogP contribution in [-0.2, 0) is 9.47 Å². The number of nitrogens with one attached hydrogen (secondary N) is 2. The van der Waals surface area contributed by atoms with Crippen LogP contribution in [0, 0.1) is 0 Å². The monoisotopic (exact) mass is 496 g/mol. The number of ether oxygens (including phenoxy) is 2. The fourth-order valence-electron chi connectivity index (χ4n) is 2.83. The minimum Gasteiger partial charge on any atom is -0.380 e. The first kappa shape index (κ1) is 23.4. The van der Waals surface area contributed by atoms with E-state index in [0.29, 0.717) is 6.61 Å². The van der Waals surface area contributed by atoms with Crippen LogP contribution >= 0.6 is 35.6 Å². The number of benzene rings is 1. The van der Waals surface area contributed by atoms with Gasteiger partial charge in [0.25, 0.3) is 0 Å². The van der Waals surface area contributed by atoms with Gasteiger partial charge in [-0.2, -0.15) is 0 Å². The molecule has 2 N–H and O–H groups in total. The third kappa shape index (κ3) is 7.96. The number of halogens is 2. The maximum atomic E-state index is 6.04. The lowest BCUT2D eigenvalue weighted by molar-refractivity contribution is 0.0170. The van der Waals surface area contributed by atoms with Crippen LogP contribution in [0.15, 0.2) is 29.3 Å². The van der Waals surface area contributed by atoms with Crippen LogP contribution in [-0.4, -0.2) is 70.5 Å². The lowest BCUT2D eigenvalue weighted by Gasteiger charge is -2.35. The summed E-state index contributed by atoms with van der Waals surface area (Å²) in [4.78, 5) is 6.72. The molecule has 0 aromatic heterocycles. The third-order valence-electron chi connectivity index (χ3n) is 4.17. The molecule has 1 atom stereocenters. The van der Waals surface area contributed by atoms with Crippen LogP contribution < -0.4 is 10.6 Å². The summed E-state index contributed by atoms with van der Waals surface area (Å²) < 4.78 is 10.8. The first-order chi connectivity index (χ1) is 12.2. The number of nitrogens with zero attached hydrogens (tertiary/aromatic N) is 2. The molecule has 8 heteroatoms. The lowest BCUT2D eigenvalue weighted by atomic mass is 10.0. The molecular weight excluding hydrogens is 467 g/mol. The summed E-state index contributed by atoms with van der Waals surface area (Å²) in [5.74, 6) is 0.784. The molecule has 0 radical (unpaired) electrons. The predicted octanol–water partition coefficient (Wildman–Crippen LogP) is 2.53. The molecule has 26 heavy (non-hydrogen) atoms. The second-order valence-electron chi connectivity index (χ2n) is 5.79. The number of hydrogen-bond donors (Lipinski definition) is 2. The van der Waals surface area contributed by atoms with Crippen molar-refractivity contribution < 1.29 is 9.47 Å². The largest absolute Gasteiger partial charge is 0.380 e. The van der Waals surface area contributed by atoms with Gasteiger partial charge in [0.2, 0.25) is 0 Å². The molecular formula is C18H30ClIN4O2. The van der Waals surface area contributed by atoms with E-state index in [-0.39, 0.29) is 30.0 Å². The van der Waals surface area contributed by atoms with Crippen molar-refractivity contribution in [2.24, 2.45) is 4.99 Å². The molecule has 1 aliphatic rings. The zero-order chi connectivity index (χ0) is 17.9. The van der Waals surface area contributed by atoms with Crippen molar-refractivity contribution in [1.29, 1.82) is 0 Å². The molecule has 1 aliphatic heterocycles. The minimum absolute atomic E-state index is 0. The quantitative estimate of drug-likeness (QED) is 0.251. The Kier molecular flexibility index (Phi) is 12.2. The number of rotatable bonds is 8. The molecule has 1 heterocycles. The summed E-state index contributed by atoms with van der Waals surface area (Å²) in [6.07, 6.45) is 0. The van der Waals surface area contributed by atoms with Gasteiger partial charge < -0.3 is 20.1 Å². The molecule has 0 spiro atoms. The molecule has 1 aromatic carbocycles. The predicted molar refractivity (Wildman–Crippen MR) is 118 cm³/mol. The summed E-state index contributed by atoms with van der Waals surface area (Å²) in [5.41, 5.74) is 1.24. The van der Waals surface area contributed by atoms with E-state index >= 15 is 0 Å². The minimum atomic E-state index is 0. The molecule has 1 fully saturated rings. The highest BCUT2D eigenvalue weighted by Crippen LogP contribution is 2.23. The van der Waals surface area contributed by atoms with Crippen molar-refractivity contribution in [2.45, 2.75) is 13.0 Å². The number of aliphatic imine (C=N–C) groups is 1. The molecule has 6 nitrogen and oxygen atoms in total. The summed E-state index contributed by atoms with van der Waals surface area (Å²) in [7, 11) is 1.78. The Labute approximate surface area is 178 Å². The van der Waals surface area contributed by atoms with E-state index in [9.17, 15) is 0 Å². The molecule has 0 aliphatic carbocycles. The highest BCUT2D eigenvalue weighted by atomic mass is 127. The van der Waals surface area contributed by atoms with E-state index in [4.69, 9.17) is 21.1 Å². The summed E-state index contributed by atoms with van der Waals surface area (Å²) in [5, 5.41) is 7.45. The van der Waals surface area contributed by atoms with E-state index in [1.54, 1.807) is 7.05 Å². The average Bonchev–Trinajstić information content (AvgIpc) is 2.66. The summed E-state index contributed by atoms with van der Waals surface area (Å²) >= 11 is 6.04. The molecule has 148 valence electrons. The van der Waals surface area contributed by atoms with Gasteiger partial charge in [0, 0.05) is 44.9 Å². The summed E-state index contributed by atoms with van der Waals surface area (Å²) in [6.45, 7) is 8.26. The van der Waals surface area contributed by atoms with Gasteiger partial charge in [-0.1, -0.05) is 23.7 Å². The molecule has 0 saturated carbocycles. The Morgan fingerprint density at radius 2 is 1.96 bits per heavy atom. The molecule has 0 bridgehead atoms. The fourth-order valence-corrected chi connectivity index (χ4v) is 2.96. The second-order valence-corrected chi connectivity index (χ2v) is 6.23. The van der Waals surface area contributed by atoms with Gasteiger partial charge in [-0.25, -0.2) is 0 Å². The highest BCUT2D eigenvalue weighted by Gasteiger charge is 2.22. The molecule has 0 amide bonds. The molecule has 1 unspecified atom stereocenters. The Bertz CT molecular complexity index is 524. The second kappa shape index (κ2) is 13.5. The Morgan fingerprint density at radius 1 is 1.27 bits per heavy atom. The fraction of sp³-hybridized carbons (Fsp3) is 0.611. The standard InChI is InChI=1S/C18H29ClN4O2.HI/c1-3-24-11-8-21-18(20-2)22-14-17(23-9-12-25-13-10-23)15-4-6-16(19)7-5-15;/h4-7,17H,3,8-14H2,1-2H3,(H2,20,21,22);1H. The van der Waals surface area contributed by atoms with Gasteiger partial charge in [0.1, 0.15) is 0 Å². The van der Waals surface area contributed by atoms with Crippen molar-refractivity contribution >= 4 is 41.5 Å². The number of morpholine rings is 1. The smallest absolute Gasteiger partial charge is 0.191 e. The average molecular weight is 497 g/mol. The van der Waals surface area contributed by atoms with Crippen LogP contribution in [0.4, 0.5) is 0 Å². The molecule has 1 aromatic rings. The van der Waals surface area contributed by atoms with Gasteiger partial charge in [-0.3, -0.25) is 9.89 Å². The number of hydrogen-bond acceptors (Lipinski definition) is 4. The van der Waals surface area contributed by atoms with Gasteiger partial charge in [0.15, 0.2) is 5.96 Å². The van der Waals surface area contributed by atoms with E-state index < -0.39 is 0 Å². The van der Waals surface area contributed by atoms with Crippen molar-refractivity contribution in [1.82, 2.24) is 15.5 Å². The van der Waals surface area contributed by atoms with Crippen LogP contribution in [0.1, 0.15) is 18.5 Å². The number of guanidine groups is 1. The summed E-state index contributed by atoms with van der Waals surface area (Å²) in [6, 6.07) is 8.32. The van der Waals surface area contributed by atoms with Crippen LogP contribution in [0.25, 0.3) is 0 Å². The lowest BCUT2D eigenvalue weighted by Crippen LogP contribution is -2.46. The van der Waals surface area contributed by atoms with Gasteiger partial charge in [0.05, 0.1) is 25.9 Å². The van der Waals surface area contributed by atoms with Gasteiger partial charge in [-0.15, -0.1) is 24.0 Å². The van der Waals surface area contributed by atoms with Crippen molar-refractivity contribution in [3.63, 3.8) is 0 Å². The van der Waals surface area contributed by atoms with Gasteiger partial charge in [-0.05, 0) is 24.6 Å². The SMILES string of the molecule is CCOCCNC(=NC)NCC(c1ccc(Cl)cc1)N1CCOCC1.I. The maximum Gasteiger partial charge on any atom is 0.191 e. The molecule has 2 rings (SSSR count). The first-order valence-electron chi connectivity index (χ1n) is 8.84. The van der Waals surface area contributed by atoms with Crippen molar-refractivity contribution in [3.8, 4) is 0 Å². The normalized spacial score (nSPS) is 16.7. The maximum absolute atomic E-state index is 6.04.